The van der Waals surface area contributed by atoms with Crippen LogP contribution in [0.2, 0.25) is 0 Å². The zero-order chi connectivity index (χ0) is 17.7. The number of hydrogen-bond acceptors (Lipinski definition) is 5. The van der Waals surface area contributed by atoms with E-state index in [4.69, 9.17) is 5.26 Å². The first-order valence-electron chi connectivity index (χ1n) is 7.50. The van der Waals surface area contributed by atoms with Crippen molar-refractivity contribution >= 4 is 22.9 Å². The Morgan fingerprint density at radius 2 is 2.12 bits per heavy atom. The van der Waals surface area contributed by atoms with Crippen LogP contribution in [0.25, 0.3) is 0 Å². The number of aromatic nitrogens is 1. The number of rotatable bonds is 5. The van der Waals surface area contributed by atoms with Gasteiger partial charge in [0, 0.05) is 18.5 Å². The van der Waals surface area contributed by atoms with Gasteiger partial charge in [0.25, 0.3) is 5.91 Å². The van der Waals surface area contributed by atoms with Gasteiger partial charge < -0.3 is 10.6 Å². The van der Waals surface area contributed by atoms with E-state index in [0.717, 1.165) is 5.01 Å². The zero-order valence-electron chi connectivity index (χ0n) is 13.8. The van der Waals surface area contributed by atoms with Crippen molar-refractivity contribution in [1.82, 2.24) is 10.3 Å². The lowest BCUT2D eigenvalue weighted by molar-refractivity contribution is 0.0959. The third-order valence-electron chi connectivity index (χ3n) is 3.22. The second kappa shape index (κ2) is 7.41. The van der Waals surface area contributed by atoms with Crippen LogP contribution < -0.4 is 10.6 Å². The Bertz CT molecular complexity index is 774. The number of halogens is 1. The summed E-state index contributed by atoms with van der Waals surface area (Å²) in [6.45, 7) is 6.87. The fourth-order valence-corrected chi connectivity index (χ4v) is 2.86. The molecule has 0 aliphatic carbocycles. The maximum Gasteiger partial charge on any atom is 0.263 e. The smallest absolute Gasteiger partial charge is 0.263 e. The zero-order valence-corrected chi connectivity index (χ0v) is 14.6. The molecule has 1 aromatic carbocycles. The summed E-state index contributed by atoms with van der Waals surface area (Å²) >= 11 is 1.37. The van der Waals surface area contributed by atoms with E-state index in [2.05, 4.69) is 15.6 Å². The van der Waals surface area contributed by atoms with Crippen LogP contribution in [0.1, 0.15) is 41.0 Å². The molecule has 0 aliphatic heterocycles. The number of anilines is 1. The summed E-state index contributed by atoms with van der Waals surface area (Å²) in [6, 6.07) is 6.22. The van der Waals surface area contributed by atoms with Crippen molar-refractivity contribution in [2.75, 3.05) is 18.4 Å². The Labute approximate surface area is 144 Å². The van der Waals surface area contributed by atoms with Crippen molar-refractivity contribution < 1.29 is 9.18 Å². The first kappa shape index (κ1) is 17.9. The summed E-state index contributed by atoms with van der Waals surface area (Å²) in [5, 5.41) is 15.6. The maximum absolute atomic E-state index is 13.5. The van der Waals surface area contributed by atoms with Gasteiger partial charge in [0.15, 0.2) is 0 Å². The van der Waals surface area contributed by atoms with Crippen molar-refractivity contribution in [1.29, 1.82) is 5.26 Å². The predicted molar refractivity (Wildman–Crippen MR) is 92.8 cm³/mol. The SMILES string of the molecule is CC(C)(C)c1ncc(C(=O)NCCNc2cccc(F)c2C#N)s1. The molecule has 0 fully saturated rings. The molecule has 0 unspecified atom stereocenters. The van der Waals surface area contributed by atoms with Gasteiger partial charge in [-0.15, -0.1) is 11.3 Å². The summed E-state index contributed by atoms with van der Waals surface area (Å²) in [7, 11) is 0. The Hall–Kier alpha value is -2.46. The molecule has 2 N–H and O–H groups in total. The van der Waals surface area contributed by atoms with Crippen LogP contribution in [0.5, 0.6) is 0 Å². The van der Waals surface area contributed by atoms with Crippen LogP contribution in [0.15, 0.2) is 24.4 Å². The largest absolute Gasteiger partial charge is 0.382 e. The summed E-state index contributed by atoms with van der Waals surface area (Å²) in [5.74, 6) is -0.754. The number of benzene rings is 1. The van der Waals surface area contributed by atoms with Crippen molar-refractivity contribution in [2.24, 2.45) is 0 Å². The Balaban J connectivity index is 1.87. The number of nitrogens with zero attached hydrogens (tertiary/aromatic N) is 2. The lowest BCUT2D eigenvalue weighted by Gasteiger charge is -2.13. The molecule has 7 heteroatoms. The molecule has 0 bridgehead atoms. The molecular weight excluding hydrogens is 327 g/mol. The minimum atomic E-state index is -0.564. The molecule has 0 atom stereocenters. The average Bonchev–Trinajstić information content (AvgIpc) is 3.01. The van der Waals surface area contributed by atoms with Crippen molar-refractivity contribution in [3.8, 4) is 6.07 Å². The van der Waals surface area contributed by atoms with E-state index < -0.39 is 5.82 Å². The highest BCUT2D eigenvalue weighted by Gasteiger charge is 2.20. The Morgan fingerprint density at radius 1 is 1.38 bits per heavy atom. The molecular formula is C17H19FN4OS. The predicted octanol–water partition coefficient (Wildman–Crippen LogP) is 3.29. The van der Waals surface area contributed by atoms with Crippen molar-refractivity contribution in [3.05, 3.63) is 45.7 Å². The number of thiazole rings is 1. The van der Waals surface area contributed by atoms with Gasteiger partial charge in [-0.25, -0.2) is 9.37 Å². The van der Waals surface area contributed by atoms with Crippen LogP contribution in [0.3, 0.4) is 0 Å². The topological polar surface area (TPSA) is 77.8 Å². The van der Waals surface area contributed by atoms with Gasteiger partial charge in [0.05, 0.1) is 16.9 Å². The van der Waals surface area contributed by atoms with Gasteiger partial charge in [-0.1, -0.05) is 26.8 Å². The second-order valence-electron chi connectivity index (χ2n) is 6.24. The fourth-order valence-electron chi connectivity index (χ4n) is 1.97. The van der Waals surface area contributed by atoms with E-state index in [1.165, 1.54) is 23.5 Å². The molecule has 1 heterocycles. The van der Waals surface area contributed by atoms with E-state index in [9.17, 15) is 9.18 Å². The number of amides is 1. The van der Waals surface area contributed by atoms with E-state index >= 15 is 0 Å². The minimum absolute atomic E-state index is 0.0268. The molecule has 2 aromatic rings. The molecule has 5 nitrogen and oxygen atoms in total. The minimum Gasteiger partial charge on any atom is -0.382 e. The Morgan fingerprint density at radius 3 is 2.75 bits per heavy atom. The van der Waals surface area contributed by atoms with Gasteiger partial charge in [-0.2, -0.15) is 5.26 Å². The molecule has 1 aromatic heterocycles. The number of carbonyl (C=O) groups is 1. The molecule has 0 radical (unpaired) electrons. The molecule has 2 rings (SSSR count). The third kappa shape index (κ3) is 4.30. The summed E-state index contributed by atoms with van der Waals surface area (Å²) in [6.07, 6.45) is 1.58. The van der Waals surface area contributed by atoms with Crippen molar-refractivity contribution in [2.45, 2.75) is 26.2 Å². The van der Waals surface area contributed by atoms with E-state index in [-0.39, 0.29) is 16.9 Å². The molecule has 0 saturated heterocycles. The van der Waals surface area contributed by atoms with E-state index in [1.807, 2.05) is 26.8 Å². The first-order valence-corrected chi connectivity index (χ1v) is 8.31. The molecule has 0 spiro atoms. The van der Waals surface area contributed by atoms with Gasteiger partial charge >= 0.3 is 0 Å². The molecule has 1 amide bonds. The highest BCUT2D eigenvalue weighted by Crippen LogP contribution is 2.26. The quantitative estimate of drug-likeness (QED) is 0.815. The van der Waals surface area contributed by atoms with Crippen LogP contribution >= 0.6 is 11.3 Å². The average molecular weight is 346 g/mol. The first-order chi connectivity index (χ1) is 11.3. The Kier molecular flexibility index (Phi) is 5.52. The normalized spacial score (nSPS) is 11.0. The lowest BCUT2D eigenvalue weighted by Crippen LogP contribution is -2.28. The van der Waals surface area contributed by atoms with E-state index in [1.54, 1.807) is 12.3 Å². The van der Waals surface area contributed by atoms with Crippen molar-refractivity contribution in [3.63, 3.8) is 0 Å². The van der Waals surface area contributed by atoms with Gasteiger partial charge in [0.2, 0.25) is 0 Å². The fraction of sp³-hybridized carbons (Fsp3) is 0.353. The molecule has 0 aliphatic rings. The number of hydrogen-bond donors (Lipinski definition) is 2. The summed E-state index contributed by atoms with van der Waals surface area (Å²) in [5.41, 5.74) is 0.302. The number of nitriles is 1. The highest BCUT2D eigenvalue weighted by atomic mass is 32.1. The molecule has 0 saturated carbocycles. The number of nitrogens with one attached hydrogen (secondary N) is 2. The molecule has 24 heavy (non-hydrogen) atoms. The monoisotopic (exact) mass is 346 g/mol. The van der Waals surface area contributed by atoms with Gasteiger partial charge in [-0.05, 0) is 12.1 Å². The lowest BCUT2D eigenvalue weighted by atomic mass is 9.98. The number of carbonyl (C=O) groups excluding carboxylic acids is 1. The van der Waals surface area contributed by atoms with Gasteiger partial charge in [-0.3, -0.25) is 4.79 Å². The van der Waals surface area contributed by atoms with Crippen LogP contribution in [-0.2, 0) is 5.41 Å². The highest BCUT2D eigenvalue weighted by molar-refractivity contribution is 7.13. The maximum atomic E-state index is 13.5. The molecule has 126 valence electrons. The van der Waals surface area contributed by atoms with Crippen LogP contribution in [0.4, 0.5) is 10.1 Å². The second-order valence-corrected chi connectivity index (χ2v) is 7.27. The van der Waals surface area contributed by atoms with Crippen LogP contribution in [-0.4, -0.2) is 24.0 Å². The third-order valence-corrected chi connectivity index (χ3v) is 4.64. The summed E-state index contributed by atoms with van der Waals surface area (Å²) < 4.78 is 13.5. The van der Waals surface area contributed by atoms with Gasteiger partial charge in [0.1, 0.15) is 22.3 Å². The summed E-state index contributed by atoms with van der Waals surface area (Å²) in [4.78, 5) is 16.9. The van der Waals surface area contributed by atoms with E-state index in [0.29, 0.717) is 23.7 Å². The van der Waals surface area contributed by atoms with Crippen LogP contribution in [0, 0.1) is 17.1 Å². The standard InChI is InChI=1S/C17H19FN4OS/c1-17(2,3)16-22-10-14(24-16)15(23)21-8-7-20-13-6-4-5-12(18)11(13)9-19/h4-6,10,20H,7-8H2,1-3H3,(H,21,23).